The van der Waals surface area contributed by atoms with Crippen LogP contribution in [0, 0.1) is 19.3 Å². The van der Waals surface area contributed by atoms with E-state index in [1.807, 2.05) is 6.20 Å². The van der Waals surface area contributed by atoms with Gasteiger partial charge in [0.2, 0.25) is 0 Å². The van der Waals surface area contributed by atoms with Gasteiger partial charge in [-0.25, -0.2) is 0 Å². The van der Waals surface area contributed by atoms with Crippen LogP contribution in [0.25, 0.3) is 32.8 Å². The van der Waals surface area contributed by atoms with Crippen molar-refractivity contribution in [2.45, 2.75) is 59.3 Å². The van der Waals surface area contributed by atoms with Gasteiger partial charge in [-0.2, -0.15) is 0 Å². The fourth-order valence-electron chi connectivity index (χ4n) is 5.45. The molecule has 1 heteroatoms. The van der Waals surface area contributed by atoms with Crippen LogP contribution < -0.4 is 0 Å². The SMILES string of the molecule is Cc1cc(C)cc(-c2nccc3c2cc(C2CCC(C)(C)CC2)c2ccccc23)c1. The number of aryl methyl sites for hydroxylation is 2. The summed E-state index contributed by atoms with van der Waals surface area (Å²) in [4.78, 5) is 4.88. The molecule has 0 amide bonds. The number of rotatable bonds is 2. The highest BCUT2D eigenvalue weighted by molar-refractivity contribution is 6.12. The number of pyridine rings is 1. The van der Waals surface area contributed by atoms with E-state index in [1.54, 1.807) is 0 Å². The summed E-state index contributed by atoms with van der Waals surface area (Å²) in [6, 6.07) is 20.4. The maximum Gasteiger partial charge on any atom is 0.0780 e. The molecule has 0 spiro atoms. The summed E-state index contributed by atoms with van der Waals surface area (Å²) in [5, 5.41) is 5.39. The number of nitrogens with zero attached hydrogens (tertiary/aromatic N) is 1. The summed E-state index contributed by atoms with van der Waals surface area (Å²) in [6.45, 7) is 9.19. The van der Waals surface area contributed by atoms with E-state index in [0.29, 0.717) is 11.3 Å². The smallest absolute Gasteiger partial charge is 0.0780 e. The van der Waals surface area contributed by atoms with Gasteiger partial charge in [0.05, 0.1) is 5.69 Å². The summed E-state index contributed by atoms with van der Waals surface area (Å²) in [7, 11) is 0. The lowest BCUT2D eigenvalue weighted by atomic mass is 9.70. The molecular weight excluding hydrogens is 362 g/mol. The summed E-state index contributed by atoms with van der Waals surface area (Å²) < 4.78 is 0. The molecule has 1 saturated carbocycles. The Bertz CT molecular complexity index is 1220. The van der Waals surface area contributed by atoms with Crippen molar-refractivity contribution in [3.63, 3.8) is 0 Å². The molecule has 1 fully saturated rings. The molecule has 0 N–H and O–H groups in total. The molecule has 1 aliphatic carbocycles. The average molecular weight is 394 g/mol. The molecule has 4 aromatic rings. The molecule has 0 bridgehead atoms. The normalized spacial score (nSPS) is 16.9. The predicted octanol–water partition coefficient (Wildman–Crippen LogP) is 8.36. The fourth-order valence-corrected chi connectivity index (χ4v) is 5.45. The van der Waals surface area contributed by atoms with E-state index in [4.69, 9.17) is 4.98 Å². The highest BCUT2D eigenvalue weighted by Gasteiger charge is 2.29. The zero-order valence-corrected chi connectivity index (χ0v) is 18.6. The molecule has 0 atom stereocenters. The van der Waals surface area contributed by atoms with E-state index in [-0.39, 0.29) is 0 Å². The Balaban J connectivity index is 1.76. The zero-order chi connectivity index (χ0) is 20.9. The third kappa shape index (κ3) is 3.41. The summed E-state index contributed by atoms with van der Waals surface area (Å²) in [6.07, 6.45) is 7.15. The van der Waals surface area contributed by atoms with Crippen molar-refractivity contribution in [1.29, 1.82) is 0 Å². The summed E-state index contributed by atoms with van der Waals surface area (Å²) in [5.41, 5.74) is 6.92. The van der Waals surface area contributed by atoms with Gasteiger partial charge in [-0.15, -0.1) is 0 Å². The first-order valence-electron chi connectivity index (χ1n) is 11.3. The Kier molecular flexibility index (Phi) is 4.65. The topological polar surface area (TPSA) is 12.9 Å². The minimum absolute atomic E-state index is 0.481. The van der Waals surface area contributed by atoms with Gasteiger partial charge in [0, 0.05) is 17.1 Å². The third-order valence-corrected chi connectivity index (χ3v) is 7.09. The van der Waals surface area contributed by atoms with E-state index in [1.165, 1.54) is 69.5 Å². The van der Waals surface area contributed by atoms with Gasteiger partial charge in [0.1, 0.15) is 0 Å². The van der Waals surface area contributed by atoms with Gasteiger partial charge in [-0.05, 0) is 96.9 Å². The standard InChI is InChI=1S/C29H31N/c1-19-15-20(2)17-22(16-19)28-27-18-26(21-9-12-29(3,4)13-10-21)24-8-6-5-7-23(24)25(27)11-14-30-28/h5-8,11,14-18,21H,9-10,12-13H2,1-4H3. The van der Waals surface area contributed by atoms with Crippen LogP contribution in [0.3, 0.4) is 0 Å². The Hall–Kier alpha value is -2.67. The van der Waals surface area contributed by atoms with E-state index >= 15 is 0 Å². The molecular formula is C29H31N. The second-order valence-corrected chi connectivity index (χ2v) is 10.1. The quantitative estimate of drug-likeness (QED) is 0.312. The maximum absolute atomic E-state index is 4.88. The van der Waals surface area contributed by atoms with E-state index < -0.39 is 0 Å². The summed E-state index contributed by atoms with van der Waals surface area (Å²) in [5.74, 6) is 0.639. The highest BCUT2D eigenvalue weighted by Crippen LogP contribution is 2.45. The first kappa shape index (κ1) is 19.3. The molecule has 1 nitrogen and oxygen atoms in total. The molecule has 152 valence electrons. The highest BCUT2D eigenvalue weighted by atomic mass is 14.7. The molecule has 5 rings (SSSR count). The van der Waals surface area contributed by atoms with Gasteiger partial charge in [0.15, 0.2) is 0 Å². The van der Waals surface area contributed by atoms with Crippen molar-refractivity contribution < 1.29 is 0 Å². The van der Waals surface area contributed by atoms with Crippen LogP contribution in [0.15, 0.2) is 60.8 Å². The molecule has 0 unspecified atom stereocenters. The van der Waals surface area contributed by atoms with Crippen molar-refractivity contribution in [2.75, 3.05) is 0 Å². The first-order valence-corrected chi connectivity index (χ1v) is 11.3. The molecule has 30 heavy (non-hydrogen) atoms. The third-order valence-electron chi connectivity index (χ3n) is 7.09. The second-order valence-electron chi connectivity index (χ2n) is 10.1. The lowest BCUT2D eigenvalue weighted by Gasteiger charge is -2.35. The van der Waals surface area contributed by atoms with E-state index in [9.17, 15) is 0 Å². The molecule has 0 radical (unpaired) electrons. The van der Waals surface area contributed by atoms with Crippen LogP contribution >= 0.6 is 0 Å². The molecule has 3 aromatic carbocycles. The van der Waals surface area contributed by atoms with Crippen LogP contribution in [0.4, 0.5) is 0 Å². The Morgan fingerprint density at radius 3 is 2.10 bits per heavy atom. The van der Waals surface area contributed by atoms with Crippen LogP contribution in [0.2, 0.25) is 0 Å². The van der Waals surface area contributed by atoms with Crippen molar-refractivity contribution in [2.24, 2.45) is 5.41 Å². The monoisotopic (exact) mass is 393 g/mol. The summed E-state index contributed by atoms with van der Waals surface area (Å²) >= 11 is 0. The van der Waals surface area contributed by atoms with Gasteiger partial charge in [-0.3, -0.25) is 4.98 Å². The molecule has 1 heterocycles. The van der Waals surface area contributed by atoms with Gasteiger partial charge >= 0.3 is 0 Å². The molecule has 0 saturated heterocycles. The Labute approximate surface area is 180 Å². The molecule has 1 aromatic heterocycles. The Morgan fingerprint density at radius 1 is 0.767 bits per heavy atom. The van der Waals surface area contributed by atoms with E-state index in [0.717, 1.165) is 5.69 Å². The Morgan fingerprint density at radius 2 is 1.40 bits per heavy atom. The minimum atomic E-state index is 0.481. The van der Waals surface area contributed by atoms with Crippen LogP contribution in [0.1, 0.15) is 62.1 Å². The van der Waals surface area contributed by atoms with Crippen molar-refractivity contribution in [3.8, 4) is 11.3 Å². The van der Waals surface area contributed by atoms with Crippen LogP contribution in [-0.2, 0) is 0 Å². The van der Waals surface area contributed by atoms with Crippen LogP contribution in [-0.4, -0.2) is 4.98 Å². The van der Waals surface area contributed by atoms with Gasteiger partial charge in [0.25, 0.3) is 0 Å². The number of fused-ring (bicyclic) bond motifs is 3. The number of aromatic nitrogens is 1. The van der Waals surface area contributed by atoms with Gasteiger partial charge < -0.3 is 0 Å². The second kappa shape index (κ2) is 7.23. The zero-order valence-electron chi connectivity index (χ0n) is 18.6. The van der Waals surface area contributed by atoms with Crippen molar-refractivity contribution >= 4 is 21.5 Å². The predicted molar refractivity (Wildman–Crippen MR) is 129 cm³/mol. The molecule has 1 aliphatic rings. The van der Waals surface area contributed by atoms with Crippen LogP contribution in [0.5, 0.6) is 0 Å². The van der Waals surface area contributed by atoms with E-state index in [2.05, 4.69) is 82.3 Å². The largest absolute Gasteiger partial charge is 0.256 e. The average Bonchev–Trinajstić information content (AvgIpc) is 2.72. The lowest BCUT2D eigenvalue weighted by Crippen LogP contribution is -2.20. The number of hydrogen-bond donors (Lipinski definition) is 0. The number of hydrogen-bond acceptors (Lipinski definition) is 1. The molecule has 0 aliphatic heterocycles. The first-order chi connectivity index (χ1) is 14.4. The van der Waals surface area contributed by atoms with Crippen molar-refractivity contribution in [1.82, 2.24) is 4.98 Å². The fraction of sp³-hybridized carbons (Fsp3) is 0.345. The minimum Gasteiger partial charge on any atom is -0.256 e. The lowest BCUT2D eigenvalue weighted by molar-refractivity contribution is 0.225. The van der Waals surface area contributed by atoms with Crippen molar-refractivity contribution in [3.05, 3.63) is 77.5 Å². The van der Waals surface area contributed by atoms with Gasteiger partial charge in [-0.1, -0.05) is 55.3 Å². The number of benzene rings is 3. The maximum atomic E-state index is 4.88.